The van der Waals surface area contributed by atoms with Crippen molar-refractivity contribution in [3.05, 3.63) is 47.5 Å². The maximum absolute atomic E-state index is 13.0. The number of nitrogen functional groups attached to an aromatic ring is 1. The molecule has 2 saturated carbocycles. The average Bonchev–Trinajstić information content (AvgIpc) is 3.54. The normalized spacial score (nSPS) is 18.7. The second-order valence-corrected chi connectivity index (χ2v) is 10.2. The summed E-state index contributed by atoms with van der Waals surface area (Å²) >= 11 is 0. The van der Waals surface area contributed by atoms with Gasteiger partial charge in [0.15, 0.2) is 10.6 Å². The van der Waals surface area contributed by atoms with Gasteiger partial charge in [0, 0.05) is 12.8 Å². The number of para-hydroxylation sites is 1. The van der Waals surface area contributed by atoms with E-state index >= 15 is 0 Å². The average molecular weight is 444 g/mol. The lowest BCUT2D eigenvalue weighted by Crippen LogP contribution is -2.43. The Labute approximate surface area is 183 Å². The number of nitrogens with two attached hydrogens (primary N) is 1. The van der Waals surface area contributed by atoms with E-state index in [-0.39, 0.29) is 10.8 Å². The maximum Gasteiger partial charge on any atom is 0.281 e. The number of carbonyl (C=O) groups is 1. The summed E-state index contributed by atoms with van der Waals surface area (Å²) < 4.78 is 33.7. The van der Waals surface area contributed by atoms with Gasteiger partial charge in [-0.3, -0.25) is 4.79 Å². The van der Waals surface area contributed by atoms with Crippen LogP contribution in [0.1, 0.15) is 68.4 Å². The summed E-state index contributed by atoms with van der Waals surface area (Å²) in [5.74, 6) is 0.533. The van der Waals surface area contributed by atoms with Crippen LogP contribution in [0.15, 0.2) is 41.4 Å². The highest BCUT2D eigenvalue weighted by molar-refractivity contribution is 7.90. The van der Waals surface area contributed by atoms with Crippen molar-refractivity contribution in [1.29, 1.82) is 0 Å². The van der Waals surface area contributed by atoms with Crippen LogP contribution in [0.5, 0.6) is 5.75 Å². The Balaban J connectivity index is 1.56. The summed E-state index contributed by atoms with van der Waals surface area (Å²) in [7, 11) is -4.13. The molecule has 8 heteroatoms. The molecule has 0 spiro atoms. The summed E-state index contributed by atoms with van der Waals surface area (Å²) in [4.78, 5) is 16.8. The predicted octanol–water partition coefficient (Wildman–Crippen LogP) is 3.83. The molecule has 1 heterocycles. The zero-order chi connectivity index (χ0) is 22.1. The van der Waals surface area contributed by atoms with Crippen LogP contribution < -0.4 is 15.2 Å². The number of aromatic nitrogens is 1. The maximum atomic E-state index is 13.0. The van der Waals surface area contributed by atoms with Crippen molar-refractivity contribution in [1.82, 2.24) is 9.71 Å². The number of hydrogen-bond acceptors (Lipinski definition) is 6. The van der Waals surface area contributed by atoms with Crippen LogP contribution in [-0.2, 0) is 14.8 Å². The van der Waals surface area contributed by atoms with Crippen LogP contribution in [0.4, 0.5) is 5.82 Å². The van der Waals surface area contributed by atoms with E-state index in [0.717, 1.165) is 29.7 Å². The lowest BCUT2D eigenvalue weighted by Gasteiger charge is -2.24. The minimum absolute atomic E-state index is 0.0701. The molecule has 1 aromatic carbocycles. The second-order valence-electron chi connectivity index (χ2n) is 8.61. The monoisotopic (exact) mass is 443 g/mol. The van der Waals surface area contributed by atoms with Crippen molar-refractivity contribution < 1.29 is 17.9 Å². The van der Waals surface area contributed by atoms with Gasteiger partial charge in [-0.15, -0.1) is 0 Å². The molecular formula is C23H29N3O4S. The van der Waals surface area contributed by atoms with Crippen LogP contribution >= 0.6 is 0 Å². The highest BCUT2D eigenvalue weighted by Gasteiger charge is 2.54. The number of amides is 1. The molecular weight excluding hydrogens is 414 g/mol. The Morgan fingerprint density at radius 3 is 2.42 bits per heavy atom. The predicted molar refractivity (Wildman–Crippen MR) is 118 cm³/mol. The molecule has 1 aromatic heterocycles. The summed E-state index contributed by atoms with van der Waals surface area (Å²) in [6.45, 7) is 1.97. The molecule has 0 unspecified atom stereocenters. The molecule has 2 aliphatic carbocycles. The number of rotatable bonds is 6. The van der Waals surface area contributed by atoms with E-state index in [2.05, 4.69) is 15.8 Å². The Morgan fingerprint density at radius 1 is 1.10 bits per heavy atom. The van der Waals surface area contributed by atoms with E-state index in [0.29, 0.717) is 18.8 Å². The van der Waals surface area contributed by atoms with E-state index in [1.54, 1.807) is 0 Å². The molecule has 1 amide bonds. The molecule has 0 aliphatic heterocycles. The van der Waals surface area contributed by atoms with E-state index in [1.165, 1.54) is 43.9 Å². The molecule has 0 saturated heterocycles. The zero-order valence-corrected chi connectivity index (χ0v) is 18.6. The van der Waals surface area contributed by atoms with Crippen molar-refractivity contribution in [2.24, 2.45) is 0 Å². The van der Waals surface area contributed by atoms with Gasteiger partial charge >= 0.3 is 0 Å². The number of carbonyl (C=O) groups excluding carboxylic acids is 1. The fourth-order valence-corrected chi connectivity index (χ4v) is 5.28. The molecule has 31 heavy (non-hydrogen) atoms. The van der Waals surface area contributed by atoms with Gasteiger partial charge in [-0.1, -0.05) is 49.9 Å². The van der Waals surface area contributed by atoms with Gasteiger partial charge in [-0.05, 0) is 48.9 Å². The smallest absolute Gasteiger partial charge is 0.281 e. The minimum Gasteiger partial charge on any atom is -0.477 e. The number of nitrogens with zero attached hydrogens (tertiary/aromatic N) is 1. The first kappa shape index (κ1) is 21.6. The third-order valence-corrected chi connectivity index (χ3v) is 7.43. The van der Waals surface area contributed by atoms with Gasteiger partial charge in [-0.2, -0.15) is 8.42 Å². The lowest BCUT2D eigenvalue weighted by atomic mass is 9.90. The molecule has 0 bridgehead atoms. The SMILES string of the molecule is Cc1cccc(C2CCCCCC2)c1OC1(C(=O)NS(=O)(=O)c2cccc(N)n2)CC1. The molecule has 2 aliphatic rings. The molecule has 0 atom stereocenters. The van der Waals surface area contributed by atoms with Crippen LogP contribution in [0.2, 0.25) is 0 Å². The van der Waals surface area contributed by atoms with Crippen LogP contribution in [0, 0.1) is 6.92 Å². The highest BCUT2D eigenvalue weighted by Crippen LogP contribution is 2.45. The third-order valence-electron chi connectivity index (χ3n) is 6.20. The first-order valence-electron chi connectivity index (χ1n) is 10.9. The number of benzene rings is 1. The minimum atomic E-state index is -4.13. The standard InChI is InChI=1S/C23H29N3O4S/c1-16-8-6-11-18(17-9-4-2-3-5-10-17)21(16)30-23(14-15-23)22(27)26-31(28,29)20-13-7-12-19(24)25-20/h6-8,11-13,17H,2-5,9-10,14-15H2,1H3,(H2,24,25)(H,26,27). The topological polar surface area (TPSA) is 111 Å². The van der Waals surface area contributed by atoms with Crippen molar-refractivity contribution >= 4 is 21.7 Å². The Morgan fingerprint density at radius 2 is 1.77 bits per heavy atom. The van der Waals surface area contributed by atoms with Crippen LogP contribution in [-0.4, -0.2) is 24.9 Å². The van der Waals surface area contributed by atoms with Gasteiger partial charge in [0.1, 0.15) is 11.6 Å². The summed E-state index contributed by atoms with van der Waals surface area (Å²) in [6, 6.07) is 10.4. The van der Waals surface area contributed by atoms with Crippen LogP contribution in [0.25, 0.3) is 0 Å². The fraction of sp³-hybridized carbons (Fsp3) is 0.478. The molecule has 0 radical (unpaired) electrons. The van der Waals surface area contributed by atoms with Crippen LogP contribution in [0.3, 0.4) is 0 Å². The Kier molecular flexibility index (Phi) is 5.92. The van der Waals surface area contributed by atoms with E-state index in [1.807, 2.05) is 19.1 Å². The summed E-state index contributed by atoms with van der Waals surface area (Å²) in [5, 5.41) is -0.285. The zero-order valence-electron chi connectivity index (χ0n) is 17.8. The molecule has 166 valence electrons. The molecule has 7 nitrogen and oxygen atoms in total. The van der Waals surface area contributed by atoms with Crippen molar-refractivity contribution in [2.45, 2.75) is 74.8 Å². The lowest BCUT2D eigenvalue weighted by molar-refractivity contribution is -0.128. The molecule has 3 N–H and O–H groups in total. The molecule has 2 aromatic rings. The molecule has 2 fully saturated rings. The first-order valence-corrected chi connectivity index (χ1v) is 12.4. The third kappa shape index (κ3) is 4.69. The quantitative estimate of drug-likeness (QED) is 0.657. The number of ether oxygens (including phenoxy) is 1. The Bertz CT molecular complexity index is 1070. The second kappa shape index (κ2) is 8.49. The van der Waals surface area contributed by atoms with E-state index in [4.69, 9.17) is 10.5 Å². The van der Waals surface area contributed by atoms with Crippen molar-refractivity contribution in [3.63, 3.8) is 0 Å². The van der Waals surface area contributed by atoms with Gasteiger partial charge < -0.3 is 10.5 Å². The van der Waals surface area contributed by atoms with E-state index < -0.39 is 21.5 Å². The number of hydrogen-bond donors (Lipinski definition) is 2. The first-order chi connectivity index (χ1) is 14.8. The van der Waals surface area contributed by atoms with Crippen molar-refractivity contribution in [3.8, 4) is 5.75 Å². The fourth-order valence-electron chi connectivity index (χ4n) is 4.26. The highest BCUT2D eigenvalue weighted by atomic mass is 32.2. The summed E-state index contributed by atoms with van der Waals surface area (Å²) in [5.41, 5.74) is 6.51. The number of aryl methyl sites for hydroxylation is 1. The van der Waals surface area contributed by atoms with Gasteiger partial charge in [0.2, 0.25) is 0 Å². The Hall–Kier alpha value is -2.61. The molecule has 4 rings (SSSR count). The largest absolute Gasteiger partial charge is 0.477 e. The van der Waals surface area contributed by atoms with Gasteiger partial charge in [0.05, 0.1) is 0 Å². The number of pyridine rings is 1. The number of nitrogens with one attached hydrogen (secondary N) is 1. The summed E-state index contributed by atoms with van der Waals surface area (Å²) in [6.07, 6.45) is 8.03. The van der Waals surface area contributed by atoms with Gasteiger partial charge in [0.25, 0.3) is 15.9 Å². The van der Waals surface area contributed by atoms with E-state index in [9.17, 15) is 13.2 Å². The number of anilines is 1. The number of sulfonamides is 1. The van der Waals surface area contributed by atoms with Crippen molar-refractivity contribution in [2.75, 3.05) is 5.73 Å². The van der Waals surface area contributed by atoms with Gasteiger partial charge in [-0.25, -0.2) is 9.71 Å².